The van der Waals surface area contributed by atoms with Gasteiger partial charge in [-0.2, -0.15) is 0 Å². The fraction of sp³-hybridized carbons (Fsp3) is 0.385. The predicted octanol–water partition coefficient (Wildman–Crippen LogP) is 2.33. The highest BCUT2D eigenvalue weighted by Gasteiger charge is 2.24. The fourth-order valence-corrected chi connectivity index (χ4v) is 2.86. The maximum absolute atomic E-state index is 12.1. The van der Waals surface area contributed by atoms with Crippen molar-refractivity contribution in [1.29, 1.82) is 0 Å². The van der Waals surface area contributed by atoms with Gasteiger partial charge in [-0.25, -0.2) is 4.79 Å². The van der Waals surface area contributed by atoms with E-state index in [1.807, 2.05) is 4.90 Å². The normalized spacial score (nSPS) is 19.6. The molecule has 1 unspecified atom stereocenters. The monoisotopic (exact) mass is 265 g/mol. The Morgan fingerprint density at radius 1 is 1.50 bits per heavy atom. The van der Waals surface area contributed by atoms with Crippen molar-refractivity contribution < 1.29 is 14.7 Å². The van der Waals surface area contributed by atoms with Gasteiger partial charge in [0.2, 0.25) is 0 Å². The van der Waals surface area contributed by atoms with Crippen molar-refractivity contribution >= 4 is 29.3 Å². The van der Waals surface area contributed by atoms with Gasteiger partial charge in [0.1, 0.15) is 0 Å². The molecule has 5 heteroatoms. The second-order valence-electron chi connectivity index (χ2n) is 4.52. The Labute approximate surface area is 110 Å². The SMILES string of the molecule is CC1CCN(C(=O)c2ccc(C=CC(=O)O)s2)C1. The Kier molecular flexibility index (Phi) is 3.81. The molecule has 1 fully saturated rings. The number of hydrogen-bond donors (Lipinski definition) is 1. The van der Waals surface area contributed by atoms with Crippen LogP contribution in [0.4, 0.5) is 0 Å². The first-order valence-electron chi connectivity index (χ1n) is 5.86. The first-order valence-corrected chi connectivity index (χ1v) is 6.68. The van der Waals surface area contributed by atoms with E-state index in [0.717, 1.165) is 30.5 Å². The van der Waals surface area contributed by atoms with E-state index in [-0.39, 0.29) is 5.91 Å². The van der Waals surface area contributed by atoms with Crippen molar-refractivity contribution in [2.24, 2.45) is 5.92 Å². The molecule has 1 aromatic heterocycles. The zero-order valence-electron chi connectivity index (χ0n) is 10.1. The lowest BCUT2D eigenvalue weighted by Gasteiger charge is -2.14. The smallest absolute Gasteiger partial charge is 0.328 e. The zero-order chi connectivity index (χ0) is 13.1. The highest BCUT2D eigenvalue weighted by molar-refractivity contribution is 7.14. The van der Waals surface area contributed by atoms with Crippen molar-refractivity contribution in [3.8, 4) is 0 Å². The predicted molar refractivity (Wildman–Crippen MR) is 70.7 cm³/mol. The summed E-state index contributed by atoms with van der Waals surface area (Å²) < 4.78 is 0. The molecule has 1 amide bonds. The van der Waals surface area contributed by atoms with Gasteiger partial charge in [0.25, 0.3) is 5.91 Å². The van der Waals surface area contributed by atoms with Crippen molar-refractivity contribution in [2.75, 3.05) is 13.1 Å². The quantitative estimate of drug-likeness (QED) is 0.853. The molecule has 0 spiro atoms. The molecule has 2 heterocycles. The molecule has 1 aromatic rings. The third-order valence-electron chi connectivity index (χ3n) is 2.94. The molecule has 1 atom stereocenters. The van der Waals surface area contributed by atoms with Crippen LogP contribution in [0.15, 0.2) is 18.2 Å². The minimum Gasteiger partial charge on any atom is -0.478 e. The topological polar surface area (TPSA) is 57.6 Å². The molecule has 96 valence electrons. The number of carboxylic acids is 1. The fourth-order valence-electron chi connectivity index (χ4n) is 1.99. The van der Waals surface area contributed by atoms with Crippen LogP contribution in [0.1, 0.15) is 27.9 Å². The maximum Gasteiger partial charge on any atom is 0.328 e. The average Bonchev–Trinajstić information content (AvgIpc) is 2.94. The molecular formula is C13H15NO3S. The van der Waals surface area contributed by atoms with Crippen LogP contribution in [-0.2, 0) is 4.79 Å². The Bertz CT molecular complexity index is 492. The number of rotatable bonds is 3. The summed E-state index contributed by atoms with van der Waals surface area (Å²) in [7, 11) is 0. The van der Waals surface area contributed by atoms with Crippen molar-refractivity contribution in [2.45, 2.75) is 13.3 Å². The summed E-state index contributed by atoms with van der Waals surface area (Å²) in [5, 5.41) is 8.54. The Hall–Kier alpha value is -1.62. The number of amides is 1. The Morgan fingerprint density at radius 2 is 2.28 bits per heavy atom. The van der Waals surface area contributed by atoms with Gasteiger partial charge in [-0.05, 0) is 30.5 Å². The standard InChI is InChI=1S/C13H15NO3S/c1-9-6-7-14(8-9)13(17)11-4-2-10(18-11)3-5-12(15)16/h2-5,9H,6-8H2,1H3,(H,15,16). The Morgan fingerprint density at radius 3 is 2.89 bits per heavy atom. The van der Waals surface area contributed by atoms with Crippen molar-refractivity contribution in [3.63, 3.8) is 0 Å². The first kappa shape index (κ1) is 12.8. The first-order chi connectivity index (χ1) is 8.56. The summed E-state index contributed by atoms with van der Waals surface area (Å²) in [5.74, 6) is -0.357. The van der Waals surface area contributed by atoms with E-state index in [1.54, 1.807) is 12.1 Å². The van der Waals surface area contributed by atoms with Crippen molar-refractivity contribution in [3.05, 3.63) is 28.0 Å². The summed E-state index contributed by atoms with van der Waals surface area (Å²) in [6.45, 7) is 3.78. The number of nitrogens with zero attached hydrogens (tertiary/aromatic N) is 1. The molecular weight excluding hydrogens is 250 g/mol. The van der Waals surface area contributed by atoms with Crippen LogP contribution in [-0.4, -0.2) is 35.0 Å². The van der Waals surface area contributed by atoms with Crippen molar-refractivity contribution in [1.82, 2.24) is 4.90 Å². The van der Waals surface area contributed by atoms with E-state index >= 15 is 0 Å². The third kappa shape index (κ3) is 2.98. The average molecular weight is 265 g/mol. The van der Waals surface area contributed by atoms with Gasteiger partial charge < -0.3 is 10.0 Å². The number of carbonyl (C=O) groups is 2. The molecule has 0 aliphatic carbocycles. The summed E-state index contributed by atoms with van der Waals surface area (Å²) in [6, 6.07) is 3.54. The molecule has 0 bridgehead atoms. The van der Waals surface area contributed by atoms with Crippen LogP contribution < -0.4 is 0 Å². The van der Waals surface area contributed by atoms with Crippen LogP contribution in [0.25, 0.3) is 6.08 Å². The highest BCUT2D eigenvalue weighted by atomic mass is 32.1. The van der Waals surface area contributed by atoms with E-state index in [2.05, 4.69) is 6.92 Å². The molecule has 18 heavy (non-hydrogen) atoms. The van der Waals surface area contributed by atoms with Gasteiger partial charge in [0.15, 0.2) is 0 Å². The zero-order valence-corrected chi connectivity index (χ0v) is 10.9. The van der Waals surface area contributed by atoms with Gasteiger partial charge in [-0.15, -0.1) is 11.3 Å². The van der Waals surface area contributed by atoms with Gasteiger partial charge >= 0.3 is 5.97 Å². The largest absolute Gasteiger partial charge is 0.478 e. The third-order valence-corrected chi connectivity index (χ3v) is 3.98. The van der Waals surface area contributed by atoms with Gasteiger partial charge in [0.05, 0.1) is 4.88 Å². The number of thiophene rings is 1. The molecule has 1 aliphatic heterocycles. The maximum atomic E-state index is 12.1. The van der Waals surface area contributed by atoms with E-state index in [9.17, 15) is 9.59 Å². The minimum atomic E-state index is -0.982. The van der Waals surface area contributed by atoms with Crippen LogP contribution in [0, 0.1) is 5.92 Å². The second kappa shape index (κ2) is 5.35. The van der Waals surface area contributed by atoms with E-state index in [1.165, 1.54) is 17.4 Å². The van der Waals surface area contributed by atoms with Crippen LogP contribution in [0.5, 0.6) is 0 Å². The number of aliphatic carboxylic acids is 1. The molecule has 1 aliphatic rings. The molecule has 0 radical (unpaired) electrons. The number of likely N-dealkylation sites (tertiary alicyclic amines) is 1. The molecule has 1 N–H and O–H groups in total. The van der Waals surface area contributed by atoms with E-state index < -0.39 is 5.97 Å². The van der Waals surface area contributed by atoms with E-state index in [4.69, 9.17) is 5.11 Å². The van der Waals surface area contributed by atoms with Gasteiger partial charge in [-0.3, -0.25) is 4.79 Å². The lowest BCUT2D eigenvalue weighted by atomic mass is 10.2. The summed E-state index contributed by atoms with van der Waals surface area (Å²) in [4.78, 5) is 25.9. The lowest BCUT2D eigenvalue weighted by Crippen LogP contribution is -2.27. The highest BCUT2D eigenvalue weighted by Crippen LogP contribution is 2.23. The number of carboxylic acid groups (broad SMARTS) is 1. The molecule has 2 rings (SSSR count). The summed E-state index contributed by atoms with van der Waals surface area (Å²) >= 11 is 1.33. The summed E-state index contributed by atoms with van der Waals surface area (Å²) in [5.41, 5.74) is 0. The second-order valence-corrected chi connectivity index (χ2v) is 5.63. The summed E-state index contributed by atoms with van der Waals surface area (Å²) in [6.07, 6.45) is 3.65. The molecule has 0 aromatic carbocycles. The molecule has 0 saturated carbocycles. The lowest BCUT2D eigenvalue weighted by molar-refractivity contribution is -0.131. The van der Waals surface area contributed by atoms with Gasteiger partial charge in [-0.1, -0.05) is 6.92 Å². The Balaban J connectivity index is 2.05. The van der Waals surface area contributed by atoms with Gasteiger partial charge in [0, 0.05) is 24.0 Å². The molecule has 4 nitrogen and oxygen atoms in total. The number of carbonyl (C=O) groups excluding carboxylic acids is 1. The van der Waals surface area contributed by atoms with Crippen LogP contribution in [0.3, 0.4) is 0 Å². The molecule has 1 saturated heterocycles. The minimum absolute atomic E-state index is 0.0549. The number of hydrogen-bond acceptors (Lipinski definition) is 3. The van der Waals surface area contributed by atoms with E-state index in [0.29, 0.717) is 10.8 Å². The van der Waals surface area contributed by atoms with Crippen LogP contribution in [0.2, 0.25) is 0 Å². The van der Waals surface area contributed by atoms with Crippen LogP contribution >= 0.6 is 11.3 Å².